The summed E-state index contributed by atoms with van der Waals surface area (Å²) in [6.07, 6.45) is 3.54. The Labute approximate surface area is 90.5 Å². The van der Waals surface area contributed by atoms with Gasteiger partial charge in [0.1, 0.15) is 0 Å². The van der Waals surface area contributed by atoms with Crippen LogP contribution in [-0.2, 0) is 18.3 Å². The van der Waals surface area contributed by atoms with E-state index < -0.39 is 5.41 Å². The third-order valence-corrected chi connectivity index (χ3v) is 3.54. The molecule has 0 aromatic heterocycles. The summed E-state index contributed by atoms with van der Waals surface area (Å²) < 4.78 is 13.0. The Morgan fingerprint density at radius 1 is 1.33 bits per heavy atom. The Balaban J connectivity index is 2.37. The predicted octanol–water partition coefficient (Wildman–Crippen LogP) is 2.36. The van der Waals surface area contributed by atoms with Crippen LogP contribution in [0, 0.1) is 0 Å². The highest BCUT2D eigenvalue weighted by Crippen LogP contribution is 2.29. The molecule has 0 saturated carbocycles. The SMILES string of the molecule is CC(CN)(CF)c1ccc2c(c1)CCC2. The van der Waals surface area contributed by atoms with Crippen molar-refractivity contribution in [3.8, 4) is 0 Å². The summed E-state index contributed by atoms with van der Waals surface area (Å²) in [7, 11) is 0. The number of benzene rings is 1. The lowest BCUT2D eigenvalue weighted by Gasteiger charge is -2.25. The van der Waals surface area contributed by atoms with Gasteiger partial charge in [0, 0.05) is 12.0 Å². The van der Waals surface area contributed by atoms with E-state index in [0.29, 0.717) is 6.54 Å². The van der Waals surface area contributed by atoms with Crippen LogP contribution in [0.15, 0.2) is 18.2 Å². The molecule has 1 nitrogen and oxygen atoms in total. The van der Waals surface area contributed by atoms with Crippen molar-refractivity contribution in [2.45, 2.75) is 31.6 Å². The van der Waals surface area contributed by atoms with E-state index in [-0.39, 0.29) is 6.67 Å². The second kappa shape index (κ2) is 3.93. The molecule has 82 valence electrons. The average Bonchev–Trinajstić information content (AvgIpc) is 2.74. The van der Waals surface area contributed by atoms with Gasteiger partial charge in [0.15, 0.2) is 0 Å². The minimum absolute atomic E-state index is 0.363. The van der Waals surface area contributed by atoms with E-state index >= 15 is 0 Å². The van der Waals surface area contributed by atoms with Gasteiger partial charge in [0.25, 0.3) is 0 Å². The molecule has 1 aliphatic rings. The highest BCUT2D eigenvalue weighted by Gasteiger charge is 2.26. The van der Waals surface area contributed by atoms with E-state index in [2.05, 4.69) is 12.1 Å². The number of halogens is 1. The van der Waals surface area contributed by atoms with Crippen LogP contribution in [0.4, 0.5) is 4.39 Å². The third kappa shape index (κ3) is 1.78. The van der Waals surface area contributed by atoms with Crippen molar-refractivity contribution in [2.24, 2.45) is 5.73 Å². The average molecular weight is 207 g/mol. The van der Waals surface area contributed by atoms with E-state index in [1.165, 1.54) is 24.0 Å². The molecule has 0 fully saturated rings. The van der Waals surface area contributed by atoms with Crippen molar-refractivity contribution in [2.75, 3.05) is 13.2 Å². The van der Waals surface area contributed by atoms with Gasteiger partial charge in [-0.25, -0.2) is 0 Å². The minimum Gasteiger partial charge on any atom is -0.329 e. The molecular weight excluding hydrogens is 189 g/mol. The molecule has 0 heterocycles. The third-order valence-electron chi connectivity index (χ3n) is 3.54. The number of nitrogens with two attached hydrogens (primary N) is 1. The summed E-state index contributed by atoms with van der Waals surface area (Å²) in [5.74, 6) is 0. The molecule has 15 heavy (non-hydrogen) atoms. The normalized spacial score (nSPS) is 18.6. The Morgan fingerprint density at radius 3 is 2.73 bits per heavy atom. The van der Waals surface area contributed by atoms with Crippen LogP contribution in [0.25, 0.3) is 0 Å². The summed E-state index contributed by atoms with van der Waals surface area (Å²) in [5.41, 5.74) is 9.02. The van der Waals surface area contributed by atoms with Crippen molar-refractivity contribution < 1.29 is 4.39 Å². The molecule has 0 saturated heterocycles. The molecule has 2 N–H and O–H groups in total. The molecule has 0 amide bonds. The number of fused-ring (bicyclic) bond motifs is 1. The smallest absolute Gasteiger partial charge is 0.1000 e. The molecule has 1 atom stereocenters. The Kier molecular flexibility index (Phi) is 2.79. The van der Waals surface area contributed by atoms with Crippen molar-refractivity contribution in [3.05, 3.63) is 34.9 Å². The molecule has 0 bridgehead atoms. The molecule has 1 aromatic rings. The molecule has 2 rings (SSSR count). The zero-order valence-electron chi connectivity index (χ0n) is 9.22. The highest BCUT2D eigenvalue weighted by atomic mass is 19.1. The van der Waals surface area contributed by atoms with Gasteiger partial charge in [-0.3, -0.25) is 4.39 Å². The summed E-state index contributed by atoms with van der Waals surface area (Å²) in [6, 6.07) is 6.33. The van der Waals surface area contributed by atoms with Gasteiger partial charge in [-0.15, -0.1) is 0 Å². The lowest BCUT2D eigenvalue weighted by molar-refractivity contribution is 0.334. The topological polar surface area (TPSA) is 26.0 Å². The molecule has 1 unspecified atom stereocenters. The van der Waals surface area contributed by atoms with Gasteiger partial charge >= 0.3 is 0 Å². The van der Waals surface area contributed by atoms with Crippen LogP contribution in [0.2, 0.25) is 0 Å². The van der Waals surface area contributed by atoms with Crippen molar-refractivity contribution in [1.82, 2.24) is 0 Å². The second-order valence-corrected chi connectivity index (χ2v) is 4.74. The van der Waals surface area contributed by atoms with E-state index in [1.807, 2.05) is 13.0 Å². The largest absolute Gasteiger partial charge is 0.329 e. The van der Waals surface area contributed by atoms with E-state index in [0.717, 1.165) is 12.0 Å². The molecule has 0 aliphatic heterocycles. The predicted molar refractivity (Wildman–Crippen MR) is 60.8 cm³/mol. The maximum Gasteiger partial charge on any atom is 0.1000 e. The standard InChI is InChI=1S/C13H18FN/c1-13(8-14,9-15)12-6-5-10-3-2-4-11(10)7-12/h5-7H,2-4,8-9,15H2,1H3. The first kappa shape index (κ1) is 10.6. The van der Waals surface area contributed by atoms with Crippen LogP contribution < -0.4 is 5.73 Å². The Morgan fingerprint density at radius 2 is 2.07 bits per heavy atom. The molecule has 0 radical (unpaired) electrons. The Hall–Kier alpha value is -0.890. The van der Waals surface area contributed by atoms with E-state index in [9.17, 15) is 4.39 Å². The van der Waals surface area contributed by atoms with Gasteiger partial charge in [-0.2, -0.15) is 0 Å². The van der Waals surface area contributed by atoms with Gasteiger partial charge in [0.05, 0.1) is 6.67 Å². The summed E-state index contributed by atoms with van der Waals surface area (Å²) >= 11 is 0. The van der Waals surface area contributed by atoms with Crippen LogP contribution >= 0.6 is 0 Å². The van der Waals surface area contributed by atoms with E-state index in [1.54, 1.807) is 0 Å². The molecule has 2 heteroatoms. The quantitative estimate of drug-likeness (QED) is 0.809. The summed E-state index contributed by atoms with van der Waals surface area (Å²) in [4.78, 5) is 0. The fraction of sp³-hybridized carbons (Fsp3) is 0.538. The first-order valence-corrected chi connectivity index (χ1v) is 5.58. The van der Waals surface area contributed by atoms with Crippen LogP contribution in [0.5, 0.6) is 0 Å². The lowest BCUT2D eigenvalue weighted by atomic mass is 9.82. The van der Waals surface area contributed by atoms with Gasteiger partial charge in [-0.05, 0) is 36.0 Å². The Bertz CT molecular complexity index is 356. The lowest BCUT2D eigenvalue weighted by Crippen LogP contribution is -2.34. The van der Waals surface area contributed by atoms with Gasteiger partial charge < -0.3 is 5.73 Å². The first-order valence-electron chi connectivity index (χ1n) is 5.58. The fourth-order valence-electron chi connectivity index (χ4n) is 2.20. The number of hydrogen-bond acceptors (Lipinski definition) is 1. The summed E-state index contributed by atoms with van der Waals surface area (Å²) in [6.45, 7) is 1.87. The highest BCUT2D eigenvalue weighted by molar-refractivity contribution is 5.38. The van der Waals surface area contributed by atoms with Crippen molar-refractivity contribution >= 4 is 0 Å². The molecular formula is C13H18FN. The van der Waals surface area contributed by atoms with E-state index in [4.69, 9.17) is 5.73 Å². The first-order chi connectivity index (χ1) is 7.19. The van der Waals surface area contributed by atoms with Crippen molar-refractivity contribution in [1.29, 1.82) is 0 Å². The number of rotatable bonds is 3. The van der Waals surface area contributed by atoms with Crippen molar-refractivity contribution in [3.63, 3.8) is 0 Å². The maximum absolute atomic E-state index is 13.0. The summed E-state index contributed by atoms with van der Waals surface area (Å²) in [5, 5.41) is 0. The minimum atomic E-state index is -0.502. The van der Waals surface area contributed by atoms with Crippen LogP contribution in [-0.4, -0.2) is 13.2 Å². The van der Waals surface area contributed by atoms with Gasteiger partial charge in [-0.1, -0.05) is 25.1 Å². The maximum atomic E-state index is 13.0. The monoisotopic (exact) mass is 207 g/mol. The van der Waals surface area contributed by atoms with Gasteiger partial charge in [0.2, 0.25) is 0 Å². The molecule has 1 aromatic carbocycles. The molecule has 0 spiro atoms. The zero-order chi connectivity index (χ0) is 10.9. The van der Waals surface area contributed by atoms with Crippen LogP contribution in [0.3, 0.4) is 0 Å². The number of aryl methyl sites for hydroxylation is 2. The zero-order valence-corrected chi connectivity index (χ0v) is 9.22. The number of hydrogen-bond donors (Lipinski definition) is 1. The second-order valence-electron chi connectivity index (χ2n) is 4.74. The fourth-order valence-corrected chi connectivity index (χ4v) is 2.20. The molecule has 1 aliphatic carbocycles. The number of alkyl halides is 1. The van der Waals surface area contributed by atoms with Crippen LogP contribution in [0.1, 0.15) is 30.0 Å².